The summed E-state index contributed by atoms with van der Waals surface area (Å²) >= 11 is 5.80. The summed E-state index contributed by atoms with van der Waals surface area (Å²) in [4.78, 5) is 0. The van der Waals surface area contributed by atoms with E-state index in [0.717, 1.165) is 17.3 Å². The number of hydrogen-bond donors (Lipinski definition) is 1. The molecule has 0 fully saturated rings. The van der Waals surface area contributed by atoms with E-state index in [-0.39, 0.29) is 0 Å². The average Bonchev–Trinajstić information content (AvgIpc) is 1.81. The van der Waals surface area contributed by atoms with E-state index in [1.54, 1.807) is 11.8 Å². The van der Waals surface area contributed by atoms with Crippen LogP contribution in [-0.2, 0) is 0 Å². The number of thioether (sulfide) groups is 1. The summed E-state index contributed by atoms with van der Waals surface area (Å²) in [6, 6.07) is 2.08. The Morgan fingerprint density at radius 1 is 1.50 bits per heavy atom. The second kappa shape index (κ2) is 7.19. The third-order valence-corrected chi connectivity index (χ3v) is 2.11. The van der Waals surface area contributed by atoms with Crippen LogP contribution in [0.3, 0.4) is 0 Å². The van der Waals surface area contributed by atoms with Gasteiger partial charge in [0.25, 0.3) is 0 Å². The molecule has 0 aliphatic heterocycles. The lowest BCUT2D eigenvalue weighted by Crippen LogP contribution is -1.81. The van der Waals surface area contributed by atoms with Gasteiger partial charge in [0.1, 0.15) is 0 Å². The molecule has 3 heteroatoms. The zero-order chi connectivity index (χ0) is 6.24. The molecule has 0 bridgehead atoms. The van der Waals surface area contributed by atoms with Crippen LogP contribution in [0.4, 0.5) is 0 Å². The lowest BCUT2D eigenvalue weighted by molar-refractivity contribution is 1.24. The van der Waals surface area contributed by atoms with Gasteiger partial charge in [-0.05, 0) is 5.75 Å². The van der Waals surface area contributed by atoms with Crippen molar-refractivity contribution in [1.82, 2.24) is 0 Å². The van der Waals surface area contributed by atoms with Crippen molar-refractivity contribution in [3.05, 3.63) is 0 Å². The highest BCUT2D eigenvalue weighted by molar-refractivity contribution is 7.99. The first-order valence-electron chi connectivity index (χ1n) is 2.47. The minimum atomic E-state index is 0.665. The van der Waals surface area contributed by atoms with E-state index in [2.05, 4.69) is 18.7 Å². The largest absolute Gasteiger partial charge is 0.198 e. The molecule has 0 unspecified atom stereocenters. The summed E-state index contributed by atoms with van der Waals surface area (Å²) in [7, 11) is 0. The smallest absolute Gasteiger partial charge is 0.0630 e. The lowest BCUT2D eigenvalue weighted by Gasteiger charge is -1.89. The third kappa shape index (κ3) is 6.19. The zero-order valence-corrected chi connectivity index (χ0v) is 6.34. The second-order valence-electron chi connectivity index (χ2n) is 1.24. The molecule has 1 nitrogen and oxygen atoms in total. The lowest BCUT2D eigenvalue weighted by atomic mass is 10.6. The SMILES string of the molecule is N#CCCSCCS. The van der Waals surface area contributed by atoms with E-state index in [4.69, 9.17) is 5.26 Å². The molecular weight excluding hydrogens is 138 g/mol. The molecule has 0 saturated heterocycles. The molecule has 0 aromatic rings. The molecule has 0 N–H and O–H groups in total. The van der Waals surface area contributed by atoms with Crippen LogP contribution in [0.25, 0.3) is 0 Å². The van der Waals surface area contributed by atoms with Gasteiger partial charge in [0.2, 0.25) is 0 Å². The van der Waals surface area contributed by atoms with Gasteiger partial charge in [-0.1, -0.05) is 0 Å². The van der Waals surface area contributed by atoms with Crippen LogP contribution >= 0.6 is 24.4 Å². The van der Waals surface area contributed by atoms with Crippen LogP contribution in [-0.4, -0.2) is 17.3 Å². The Bertz CT molecular complexity index is 77.0. The first-order chi connectivity index (χ1) is 3.91. The Hall–Kier alpha value is 0.190. The Labute approximate surface area is 59.9 Å². The molecule has 0 radical (unpaired) electrons. The predicted molar refractivity (Wildman–Crippen MR) is 41.4 cm³/mol. The standard InChI is InChI=1S/C5H9NS2/c6-2-1-4-8-5-3-7/h7H,1,3-5H2. The first kappa shape index (κ1) is 8.19. The molecule has 0 aromatic heterocycles. The van der Waals surface area contributed by atoms with E-state index in [0.29, 0.717) is 6.42 Å². The van der Waals surface area contributed by atoms with Crippen molar-refractivity contribution in [1.29, 1.82) is 5.26 Å². The highest BCUT2D eigenvalue weighted by Crippen LogP contribution is 2.00. The maximum absolute atomic E-state index is 8.08. The monoisotopic (exact) mass is 147 g/mol. The van der Waals surface area contributed by atoms with E-state index >= 15 is 0 Å². The van der Waals surface area contributed by atoms with Crippen molar-refractivity contribution in [2.24, 2.45) is 0 Å². The number of thiol groups is 1. The van der Waals surface area contributed by atoms with Crippen LogP contribution in [0.15, 0.2) is 0 Å². The number of rotatable bonds is 4. The molecule has 0 aliphatic rings. The summed E-state index contributed by atoms with van der Waals surface area (Å²) < 4.78 is 0. The maximum Gasteiger partial charge on any atom is 0.0630 e. The van der Waals surface area contributed by atoms with Crippen molar-refractivity contribution >= 4 is 24.4 Å². The molecule has 0 spiro atoms. The van der Waals surface area contributed by atoms with E-state index in [1.807, 2.05) is 0 Å². The number of nitrogens with zero attached hydrogens (tertiary/aromatic N) is 1. The van der Waals surface area contributed by atoms with Gasteiger partial charge in [-0.3, -0.25) is 0 Å². The van der Waals surface area contributed by atoms with Gasteiger partial charge in [0.15, 0.2) is 0 Å². The molecule has 0 aliphatic carbocycles. The predicted octanol–water partition coefficient (Wildman–Crippen LogP) is 1.56. The summed E-state index contributed by atoms with van der Waals surface area (Å²) in [5.74, 6) is 2.93. The number of hydrogen-bond acceptors (Lipinski definition) is 3. The van der Waals surface area contributed by atoms with Crippen LogP contribution in [0.2, 0.25) is 0 Å². The van der Waals surface area contributed by atoms with Gasteiger partial charge in [-0.15, -0.1) is 0 Å². The topological polar surface area (TPSA) is 23.8 Å². The minimum absolute atomic E-state index is 0.665. The minimum Gasteiger partial charge on any atom is -0.198 e. The fourth-order valence-electron chi connectivity index (χ4n) is 0.284. The fraction of sp³-hybridized carbons (Fsp3) is 0.800. The Morgan fingerprint density at radius 3 is 2.75 bits per heavy atom. The second-order valence-corrected chi connectivity index (χ2v) is 2.92. The fourth-order valence-corrected chi connectivity index (χ4v) is 1.24. The van der Waals surface area contributed by atoms with Gasteiger partial charge >= 0.3 is 0 Å². The first-order valence-corrected chi connectivity index (χ1v) is 4.26. The summed E-state index contributed by atoms with van der Waals surface area (Å²) in [6.45, 7) is 0. The third-order valence-electron chi connectivity index (χ3n) is 0.594. The van der Waals surface area contributed by atoms with Crippen LogP contribution in [0.1, 0.15) is 6.42 Å². The van der Waals surface area contributed by atoms with E-state index in [9.17, 15) is 0 Å². The molecular formula is C5H9NS2. The Balaban J connectivity index is 2.65. The van der Waals surface area contributed by atoms with Crippen molar-refractivity contribution in [2.75, 3.05) is 17.3 Å². The quantitative estimate of drug-likeness (QED) is 0.482. The average molecular weight is 147 g/mol. The normalized spacial score (nSPS) is 8.50. The molecule has 0 aromatic carbocycles. The van der Waals surface area contributed by atoms with Gasteiger partial charge in [-0.25, -0.2) is 0 Å². The summed E-state index contributed by atoms with van der Waals surface area (Å²) in [5.41, 5.74) is 0. The molecule has 0 rings (SSSR count). The summed E-state index contributed by atoms with van der Waals surface area (Å²) in [6.07, 6.45) is 0.665. The van der Waals surface area contributed by atoms with E-state index in [1.165, 1.54) is 0 Å². The highest BCUT2D eigenvalue weighted by Gasteiger charge is 1.83. The van der Waals surface area contributed by atoms with Crippen molar-refractivity contribution in [3.8, 4) is 6.07 Å². The molecule has 0 saturated carbocycles. The number of nitriles is 1. The zero-order valence-electron chi connectivity index (χ0n) is 4.63. The Kier molecular flexibility index (Phi) is 7.36. The van der Waals surface area contributed by atoms with Crippen molar-refractivity contribution in [3.63, 3.8) is 0 Å². The van der Waals surface area contributed by atoms with Crippen LogP contribution in [0.5, 0.6) is 0 Å². The van der Waals surface area contributed by atoms with Gasteiger partial charge in [0.05, 0.1) is 6.07 Å². The molecule has 0 atom stereocenters. The maximum atomic E-state index is 8.08. The van der Waals surface area contributed by atoms with Crippen LogP contribution in [0, 0.1) is 11.3 Å². The van der Waals surface area contributed by atoms with Crippen molar-refractivity contribution in [2.45, 2.75) is 6.42 Å². The van der Waals surface area contributed by atoms with Gasteiger partial charge in [0, 0.05) is 17.9 Å². The molecule has 46 valence electrons. The summed E-state index contributed by atoms with van der Waals surface area (Å²) in [5, 5.41) is 8.08. The van der Waals surface area contributed by atoms with Crippen LogP contribution < -0.4 is 0 Å². The van der Waals surface area contributed by atoms with Crippen molar-refractivity contribution < 1.29 is 0 Å². The van der Waals surface area contributed by atoms with Gasteiger partial charge < -0.3 is 0 Å². The molecule has 8 heavy (non-hydrogen) atoms. The Morgan fingerprint density at radius 2 is 2.25 bits per heavy atom. The molecule has 0 amide bonds. The van der Waals surface area contributed by atoms with Gasteiger partial charge in [-0.2, -0.15) is 29.7 Å². The highest BCUT2D eigenvalue weighted by atomic mass is 32.2. The van der Waals surface area contributed by atoms with E-state index < -0.39 is 0 Å². The molecule has 0 heterocycles.